The highest BCUT2D eigenvalue weighted by atomic mass is 15.3. The fourth-order valence-electron chi connectivity index (χ4n) is 2.57. The van der Waals surface area contributed by atoms with E-state index in [0.717, 1.165) is 25.4 Å². The van der Waals surface area contributed by atoms with Crippen LogP contribution in [0, 0.1) is 19.8 Å². The lowest BCUT2D eigenvalue weighted by atomic mass is 10.0. The molecule has 0 saturated heterocycles. The molecule has 1 N–H and O–H groups in total. The molecule has 0 aliphatic carbocycles. The molecule has 0 aliphatic heterocycles. The van der Waals surface area contributed by atoms with Crippen molar-refractivity contribution in [1.29, 1.82) is 0 Å². The Morgan fingerprint density at radius 1 is 1.16 bits per heavy atom. The van der Waals surface area contributed by atoms with Crippen molar-refractivity contribution in [2.45, 2.75) is 73.4 Å². The van der Waals surface area contributed by atoms with E-state index < -0.39 is 0 Å². The molecule has 3 nitrogen and oxygen atoms in total. The quantitative estimate of drug-likeness (QED) is 0.780. The number of aromatic nitrogens is 2. The van der Waals surface area contributed by atoms with Crippen molar-refractivity contribution in [3.63, 3.8) is 0 Å². The van der Waals surface area contributed by atoms with E-state index in [2.05, 4.69) is 56.6 Å². The summed E-state index contributed by atoms with van der Waals surface area (Å²) in [5.41, 5.74) is 3.93. The summed E-state index contributed by atoms with van der Waals surface area (Å²) in [5, 5.41) is 8.23. The zero-order valence-electron chi connectivity index (χ0n) is 13.6. The normalized spacial score (nSPS) is 13.2. The first kappa shape index (κ1) is 16.2. The van der Waals surface area contributed by atoms with Crippen LogP contribution in [0.5, 0.6) is 0 Å². The monoisotopic (exact) mass is 265 g/mol. The Kier molecular flexibility index (Phi) is 6.56. The maximum absolute atomic E-state index is 4.63. The summed E-state index contributed by atoms with van der Waals surface area (Å²) in [6.45, 7) is 15.3. The highest BCUT2D eigenvalue weighted by Crippen LogP contribution is 2.13. The molecule has 0 bridgehead atoms. The van der Waals surface area contributed by atoms with Crippen molar-refractivity contribution in [3.8, 4) is 0 Å². The molecule has 1 rings (SSSR count). The van der Waals surface area contributed by atoms with Gasteiger partial charge in [0.25, 0.3) is 0 Å². The molecule has 0 aromatic carbocycles. The maximum Gasteiger partial charge on any atom is 0.0628 e. The zero-order chi connectivity index (χ0) is 14.4. The molecule has 1 aromatic rings. The molecule has 1 unspecified atom stereocenters. The summed E-state index contributed by atoms with van der Waals surface area (Å²) in [5.74, 6) is 0.798. The number of hydrogen-bond donors (Lipinski definition) is 1. The molecule has 1 atom stereocenters. The molecule has 1 aromatic heterocycles. The van der Waals surface area contributed by atoms with Crippen LogP contribution in [0.4, 0.5) is 0 Å². The lowest BCUT2D eigenvalue weighted by molar-refractivity contribution is 0.432. The standard InChI is InChI=1S/C16H31N3/c1-7-16-14(5)18-19(15(16)6)11-10-17-13(4)9-8-12(2)3/h12-13,17H,7-11H2,1-6H3. The SMILES string of the molecule is CCc1c(C)nn(CCNC(C)CCC(C)C)c1C. The van der Waals surface area contributed by atoms with Gasteiger partial charge in [-0.3, -0.25) is 4.68 Å². The second-order valence-electron chi connectivity index (χ2n) is 6.05. The third-order valence-electron chi connectivity index (χ3n) is 3.88. The van der Waals surface area contributed by atoms with Crippen LogP contribution < -0.4 is 5.32 Å². The molecule has 110 valence electrons. The van der Waals surface area contributed by atoms with Crippen LogP contribution in [-0.4, -0.2) is 22.4 Å². The first-order valence-corrected chi connectivity index (χ1v) is 7.71. The third kappa shape index (κ3) is 4.98. The Morgan fingerprint density at radius 3 is 2.37 bits per heavy atom. The molecule has 3 heteroatoms. The molecule has 0 spiro atoms. The summed E-state index contributed by atoms with van der Waals surface area (Å²) in [6.07, 6.45) is 3.64. The van der Waals surface area contributed by atoms with E-state index >= 15 is 0 Å². The highest BCUT2D eigenvalue weighted by molar-refractivity contribution is 5.24. The van der Waals surface area contributed by atoms with Crippen LogP contribution in [0.2, 0.25) is 0 Å². The molecular formula is C16H31N3. The Balaban J connectivity index is 2.37. The Morgan fingerprint density at radius 2 is 1.84 bits per heavy atom. The second-order valence-corrected chi connectivity index (χ2v) is 6.05. The van der Waals surface area contributed by atoms with Gasteiger partial charge in [-0.2, -0.15) is 5.10 Å². The van der Waals surface area contributed by atoms with E-state index in [9.17, 15) is 0 Å². The van der Waals surface area contributed by atoms with Crippen LogP contribution in [0.15, 0.2) is 0 Å². The summed E-state index contributed by atoms with van der Waals surface area (Å²) in [7, 11) is 0. The summed E-state index contributed by atoms with van der Waals surface area (Å²) in [4.78, 5) is 0. The molecule has 0 radical (unpaired) electrons. The fraction of sp³-hybridized carbons (Fsp3) is 0.812. The number of nitrogens with one attached hydrogen (secondary N) is 1. The van der Waals surface area contributed by atoms with Crippen molar-refractivity contribution in [3.05, 3.63) is 17.0 Å². The van der Waals surface area contributed by atoms with E-state index in [4.69, 9.17) is 0 Å². The van der Waals surface area contributed by atoms with Gasteiger partial charge < -0.3 is 5.32 Å². The zero-order valence-corrected chi connectivity index (χ0v) is 13.6. The average Bonchev–Trinajstić information content (AvgIpc) is 2.61. The van der Waals surface area contributed by atoms with E-state index in [1.54, 1.807) is 0 Å². The van der Waals surface area contributed by atoms with Crippen molar-refractivity contribution < 1.29 is 0 Å². The molecule has 0 amide bonds. The van der Waals surface area contributed by atoms with E-state index in [0.29, 0.717) is 6.04 Å². The fourth-order valence-corrected chi connectivity index (χ4v) is 2.57. The van der Waals surface area contributed by atoms with Crippen molar-refractivity contribution >= 4 is 0 Å². The second kappa shape index (κ2) is 7.68. The highest BCUT2D eigenvalue weighted by Gasteiger charge is 2.09. The van der Waals surface area contributed by atoms with Crippen LogP contribution in [0.3, 0.4) is 0 Å². The van der Waals surface area contributed by atoms with Crippen LogP contribution >= 0.6 is 0 Å². The minimum absolute atomic E-state index is 0.602. The first-order valence-electron chi connectivity index (χ1n) is 7.71. The summed E-state index contributed by atoms with van der Waals surface area (Å²) < 4.78 is 2.15. The largest absolute Gasteiger partial charge is 0.312 e. The smallest absolute Gasteiger partial charge is 0.0628 e. The van der Waals surface area contributed by atoms with E-state index in [-0.39, 0.29) is 0 Å². The lowest BCUT2D eigenvalue weighted by Crippen LogP contribution is -2.30. The Labute approximate surface area is 118 Å². The number of aryl methyl sites for hydroxylation is 1. The molecular weight excluding hydrogens is 234 g/mol. The molecule has 1 heterocycles. The third-order valence-corrected chi connectivity index (χ3v) is 3.88. The molecule has 0 fully saturated rings. The Bertz CT molecular complexity index is 380. The van der Waals surface area contributed by atoms with Crippen LogP contribution in [-0.2, 0) is 13.0 Å². The first-order chi connectivity index (χ1) is 8.95. The van der Waals surface area contributed by atoms with Crippen molar-refractivity contribution in [2.75, 3.05) is 6.54 Å². The van der Waals surface area contributed by atoms with Gasteiger partial charge in [0.15, 0.2) is 0 Å². The van der Waals surface area contributed by atoms with E-state index in [1.807, 2.05) is 0 Å². The van der Waals surface area contributed by atoms with Gasteiger partial charge in [0.1, 0.15) is 0 Å². The number of nitrogens with zero attached hydrogens (tertiary/aromatic N) is 2. The van der Waals surface area contributed by atoms with Crippen LogP contribution in [0.25, 0.3) is 0 Å². The van der Waals surface area contributed by atoms with Gasteiger partial charge >= 0.3 is 0 Å². The lowest BCUT2D eigenvalue weighted by Gasteiger charge is -2.15. The van der Waals surface area contributed by atoms with Gasteiger partial charge in [-0.05, 0) is 51.5 Å². The molecule has 19 heavy (non-hydrogen) atoms. The molecule has 0 aliphatic rings. The predicted octanol–water partition coefficient (Wildman–Crippen LogP) is 3.48. The topological polar surface area (TPSA) is 29.9 Å². The Hall–Kier alpha value is -0.830. The van der Waals surface area contributed by atoms with Gasteiger partial charge in [-0.25, -0.2) is 0 Å². The van der Waals surface area contributed by atoms with Gasteiger partial charge in [-0.15, -0.1) is 0 Å². The minimum atomic E-state index is 0.602. The summed E-state index contributed by atoms with van der Waals surface area (Å²) >= 11 is 0. The van der Waals surface area contributed by atoms with Gasteiger partial charge in [0.2, 0.25) is 0 Å². The maximum atomic E-state index is 4.63. The van der Waals surface area contributed by atoms with Crippen LogP contribution in [0.1, 0.15) is 57.5 Å². The van der Waals surface area contributed by atoms with Gasteiger partial charge in [-0.1, -0.05) is 20.8 Å². The molecule has 0 saturated carbocycles. The van der Waals surface area contributed by atoms with Crippen molar-refractivity contribution in [1.82, 2.24) is 15.1 Å². The predicted molar refractivity (Wildman–Crippen MR) is 82.6 cm³/mol. The van der Waals surface area contributed by atoms with Gasteiger partial charge in [0.05, 0.1) is 12.2 Å². The average molecular weight is 265 g/mol. The minimum Gasteiger partial charge on any atom is -0.312 e. The number of rotatable bonds is 8. The number of hydrogen-bond acceptors (Lipinski definition) is 2. The van der Waals surface area contributed by atoms with E-state index in [1.165, 1.54) is 29.8 Å². The van der Waals surface area contributed by atoms with Crippen molar-refractivity contribution in [2.24, 2.45) is 5.92 Å². The van der Waals surface area contributed by atoms with Gasteiger partial charge in [0, 0.05) is 18.3 Å². The summed E-state index contributed by atoms with van der Waals surface area (Å²) in [6, 6.07) is 0.602.